The van der Waals surface area contributed by atoms with Crippen LogP contribution in [0.4, 0.5) is 4.39 Å². The predicted octanol–water partition coefficient (Wildman–Crippen LogP) is 3.80. The molecule has 2 aromatic carbocycles. The predicted molar refractivity (Wildman–Crippen MR) is 97.0 cm³/mol. The second-order valence-electron chi connectivity index (χ2n) is 5.95. The van der Waals surface area contributed by atoms with Gasteiger partial charge in [-0.25, -0.2) is 9.37 Å². The molecule has 1 saturated heterocycles. The van der Waals surface area contributed by atoms with E-state index in [1.165, 1.54) is 22.4 Å². The molecule has 0 bridgehead atoms. The number of aromatic nitrogens is 2. The molecule has 1 aromatic heterocycles. The van der Waals surface area contributed by atoms with Gasteiger partial charge < -0.3 is 4.74 Å². The minimum atomic E-state index is -0.444. The number of halogens is 1. The molecule has 0 saturated carbocycles. The Morgan fingerprint density at radius 3 is 2.80 bits per heavy atom. The minimum Gasteiger partial charge on any atom is -0.377 e. The fourth-order valence-electron chi connectivity index (χ4n) is 3.00. The molecule has 4 rings (SSSR count). The molecular weight excluding hydrogens is 339 g/mol. The van der Waals surface area contributed by atoms with Crippen LogP contribution in [0.1, 0.15) is 12.8 Å². The summed E-state index contributed by atoms with van der Waals surface area (Å²) in [6.07, 6.45) is 2.21. The van der Waals surface area contributed by atoms with Gasteiger partial charge in [0.25, 0.3) is 5.56 Å². The van der Waals surface area contributed by atoms with E-state index >= 15 is 0 Å². The first-order valence-electron chi connectivity index (χ1n) is 8.25. The summed E-state index contributed by atoms with van der Waals surface area (Å²) in [5.41, 5.74) is 0.584. The van der Waals surface area contributed by atoms with E-state index in [1.807, 2.05) is 6.07 Å². The van der Waals surface area contributed by atoms with Crippen molar-refractivity contribution in [2.75, 3.05) is 12.4 Å². The number of benzene rings is 2. The number of hydrogen-bond donors (Lipinski definition) is 0. The van der Waals surface area contributed by atoms with Crippen molar-refractivity contribution in [2.24, 2.45) is 0 Å². The second-order valence-corrected chi connectivity index (χ2v) is 6.94. The minimum absolute atomic E-state index is 0.155. The van der Waals surface area contributed by atoms with Crippen molar-refractivity contribution < 1.29 is 9.13 Å². The molecule has 6 heteroatoms. The Hall–Kier alpha value is -2.18. The van der Waals surface area contributed by atoms with Gasteiger partial charge in [-0.05, 0) is 37.1 Å². The molecule has 3 aromatic rings. The molecule has 1 atom stereocenters. The maximum Gasteiger partial charge on any atom is 0.266 e. The van der Waals surface area contributed by atoms with Crippen LogP contribution in [0.3, 0.4) is 0 Å². The van der Waals surface area contributed by atoms with E-state index < -0.39 is 5.82 Å². The normalized spacial score (nSPS) is 17.2. The van der Waals surface area contributed by atoms with E-state index in [9.17, 15) is 9.18 Å². The molecule has 25 heavy (non-hydrogen) atoms. The molecular formula is C19H17FN2O2S. The maximum atomic E-state index is 14.4. The maximum absolute atomic E-state index is 14.4. The van der Waals surface area contributed by atoms with E-state index in [0.29, 0.717) is 21.8 Å². The van der Waals surface area contributed by atoms with E-state index in [4.69, 9.17) is 4.74 Å². The Labute approximate surface area is 148 Å². The summed E-state index contributed by atoms with van der Waals surface area (Å²) in [5.74, 6) is 0.250. The van der Waals surface area contributed by atoms with Crippen LogP contribution in [0.15, 0.2) is 58.5 Å². The summed E-state index contributed by atoms with van der Waals surface area (Å²) in [6.45, 7) is 0.774. The summed E-state index contributed by atoms with van der Waals surface area (Å²) in [6, 6.07) is 13.4. The van der Waals surface area contributed by atoms with Crippen molar-refractivity contribution in [3.8, 4) is 5.69 Å². The lowest BCUT2D eigenvalue weighted by molar-refractivity contribution is 0.129. The van der Waals surface area contributed by atoms with Crippen LogP contribution in [-0.4, -0.2) is 28.0 Å². The summed E-state index contributed by atoms with van der Waals surface area (Å²) < 4.78 is 21.4. The van der Waals surface area contributed by atoms with Gasteiger partial charge in [0.1, 0.15) is 5.82 Å². The summed E-state index contributed by atoms with van der Waals surface area (Å²) in [5, 5.41) is 0.969. The highest BCUT2D eigenvalue weighted by atomic mass is 32.2. The van der Waals surface area contributed by atoms with Gasteiger partial charge in [0.05, 0.1) is 22.7 Å². The van der Waals surface area contributed by atoms with Gasteiger partial charge in [0, 0.05) is 12.4 Å². The molecule has 1 aliphatic rings. The number of nitrogens with zero attached hydrogens (tertiary/aromatic N) is 2. The van der Waals surface area contributed by atoms with Crippen molar-refractivity contribution in [3.05, 3.63) is 64.7 Å². The Kier molecular flexibility index (Phi) is 4.55. The lowest BCUT2D eigenvalue weighted by atomic mass is 10.2. The number of fused-ring (bicyclic) bond motifs is 1. The number of hydrogen-bond acceptors (Lipinski definition) is 4. The molecule has 1 aliphatic heterocycles. The van der Waals surface area contributed by atoms with Gasteiger partial charge in [0.15, 0.2) is 5.16 Å². The number of rotatable bonds is 4. The molecule has 0 spiro atoms. The quantitative estimate of drug-likeness (QED) is 0.527. The molecule has 0 unspecified atom stereocenters. The Balaban J connectivity index is 1.85. The molecule has 1 fully saturated rings. The van der Waals surface area contributed by atoms with Crippen LogP contribution in [0.5, 0.6) is 0 Å². The molecule has 2 heterocycles. The standard InChI is InChI=1S/C19H17FN2O2S/c20-15-8-2-4-10-17(15)22-18(23)14-7-1-3-9-16(14)21-19(22)25-12-13-6-5-11-24-13/h1-4,7-10,13H,5-6,11-12H2/t13-/m1/s1. The summed E-state index contributed by atoms with van der Waals surface area (Å²) in [7, 11) is 0. The first-order chi connectivity index (χ1) is 12.2. The zero-order valence-electron chi connectivity index (χ0n) is 13.5. The van der Waals surface area contributed by atoms with Gasteiger partial charge in [0.2, 0.25) is 0 Å². The topological polar surface area (TPSA) is 44.1 Å². The first kappa shape index (κ1) is 16.3. The first-order valence-corrected chi connectivity index (χ1v) is 9.24. The van der Waals surface area contributed by atoms with Crippen molar-refractivity contribution in [1.29, 1.82) is 0 Å². The SMILES string of the molecule is O=c1c2ccccc2nc(SC[C@H]2CCCO2)n1-c1ccccc1F. The van der Waals surface area contributed by atoms with Crippen LogP contribution >= 0.6 is 11.8 Å². The smallest absolute Gasteiger partial charge is 0.266 e. The number of ether oxygens (including phenoxy) is 1. The average molecular weight is 356 g/mol. The van der Waals surface area contributed by atoms with E-state index in [0.717, 1.165) is 19.4 Å². The van der Waals surface area contributed by atoms with Crippen LogP contribution in [0, 0.1) is 5.82 Å². The zero-order valence-corrected chi connectivity index (χ0v) is 14.3. The summed E-state index contributed by atoms with van der Waals surface area (Å²) in [4.78, 5) is 17.6. The van der Waals surface area contributed by atoms with Gasteiger partial charge in [-0.2, -0.15) is 0 Å². The highest BCUT2D eigenvalue weighted by Gasteiger charge is 2.20. The van der Waals surface area contributed by atoms with Crippen molar-refractivity contribution in [1.82, 2.24) is 9.55 Å². The third-order valence-electron chi connectivity index (χ3n) is 4.26. The summed E-state index contributed by atoms with van der Waals surface area (Å²) >= 11 is 1.44. The van der Waals surface area contributed by atoms with Gasteiger partial charge in [-0.3, -0.25) is 9.36 Å². The average Bonchev–Trinajstić information content (AvgIpc) is 3.15. The Morgan fingerprint density at radius 1 is 1.20 bits per heavy atom. The monoisotopic (exact) mass is 356 g/mol. The Bertz CT molecular complexity index is 967. The lowest BCUT2D eigenvalue weighted by Gasteiger charge is -2.15. The van der Waals surface area contributed by atoms with Crippen molar-refractivity contribution >= 4 is 22.7 Å². The van der Waals surface area contributed by atoms with Crippen molar-refractivity contribution in [2.45, 2.75) is 24.1 Å². The van der Waals surface area contributed by atoms with Crippen LogP contribution < -0.4 is 5.56 Å². The van der Waals surface area contributed by atoms with Crippen LogP contribution in [0.2, 0.25) is 0 Å². The van der Waals surface area contributed by atoms with E-state index in [-0.39, 0.29) is 17.4 Å². The van der Waals surface area contributed by atoms with Gasteiger partial charge in [-0.1, -0.05) is 36.0 Å². The molecule has 128 valence electrons. The largest absolute Gasteiger partial charge is 0.377 e. The van der Waals surface area contributed by atoms with Crippen molar-refractivity contribution in [3.63, 3.8) is 0 Å². The lowest BCUT2D eigenvalue weighted by Crippen LogP contribution is -2.23. The third-order valence-corrected chi connectivity index (χ3v) is 5.33. The fraction of sp³-hybridized carbons (Fsp3) is 0.263. The van der Waals surface area contributed by atoms with Gasteiger partial charge in [-0.15, -0.1) is 0 Å². The highest BCUT2D eigenvalue weighted by Crippen LogP contribution is 2.26. The van der Waals surface area contributed by atoms with Crippen LogP contribution in [-0.2, 0) is 4.74 Å². The number of para-hydroxylation sites is 2. The van der Waals surface area contributed by atoms with Gasteiger partial charge >= 0.3 is 0 Å². The highest BCUT2D eigenvalue weighted by molar-refractivity contribution is 7.99. The molecule has 0 radical (unpaired) electrons. The second kappa shape index (κ2) is 6.98. The van der Waals surface area contributed by atoms with Crippen LogP contribution in [0.25, 0.3) is 16.6 Å². The third kappa shape index (κ3) is 3.19. The fourth-order valence-corrected chi connectivity index (χ4v) is 4.07. The van der Waals surface area contributed by atoms with E-state index in [1.54, 1.807) is 36.4 Å². The molecule has 0 N–H and O–H groups in total. The molecule has 0 aliphatic carbocycles. The molecule has 0 amide bonds. The zero-order chi connectivity index (χ0) is 17.2. The Morgan fingerprint density at radius 2 is 2.00 bits per heavy atom. The van der Waals surface area contributed by atoms with E-state index in [2.05, 4.69) is 4.98 Å². The molecule has 4 nitrogen and oxygen atoms in total. The number of thioether (sulfide) groups is 1.